The van der Waals surface area contributed by atoms with Crippen LogP contribution >= 0.6 is 11.8 Å². The van der Waals surface area contributed by atoms with Crippen LogP contribution in [0.3, 0.4) is 0 Å². The van der Waals surface area contributed by atoms with Crippen LogP contribution in [-0.2, 0) is 0 Å². The van der Waals surface area contributed by atoms with Gasteiger partial charge in [-0.05, 0) is 20.3 Å². The summed E-state index contributed by atoms with van der Waals surface area (Å²) in [5.41, 5.74) is 0. The Balaban J connectivity index is 2.22. The van der Waals surface area contributed by atoms with E-state index in [2.05, 4.69) is 39.0 Å². The topological polar surface area (TPSA) is 63.2 Å². The number of nitrogens with zero attached hydrogens (tertiary/aromatic N) is 4. The molecule has 0 aromatic carbocycles. The number of anilines is 2. The molecule has 0 radical (unpaired) electrons. The summed E-state index contributed by atoms with van der Waals surface area (Å²) in [6.45, 7) is 8.67. The maximum atomic E-state index is 5.57. The summed E-state index contributed by atoms with van der Waals surface area (Å²) < 4.78 is 5.57. The SMILES string of the molecule is CCCOc1nc(NCC)nc(N2CCSCC2C)n1. The lowest BCUT2D eigenvalue weighted by molar-refractivity contribution is 0.291. The summed E-state index contributed by atoms with van der Waals surface area (Å²) in [4.78, 5) is 15.5. The number of rotatable bonds is 6. The minimum Gasteiger partial charge on any atom is -0.463 e. The standard InChI is InChI=1S/C13H23N5OS/c1-4-7-19-13-16-11(14-5-2)15-12(17-13)18-6-8-20-9-10(18)3/h10H,4-9H2,1-3H3,(H,14,15,16,17). The van der Waals surface area contributed by atoms with Gasteiger partial charge in [0.25, 0.3) is 0 Å². The van der Waals surface area contributed by atoms with Crippen LogP contribution < -0.4 is 15.0 Å². The van der Waals surface area contributed by atoms with Crippen molar-refractivity contribution >= 4 is 23.7 Å². The van der Waals surface area contributed by atoms with Crippen molar-refractivity contribution in [2.75, 3.05) is 41.4 Å². The fraction of sp³-hybridized carbons (Fsp3) is 0.769. The van der Waals surface area contributed by atoms with E-state index in [9.17, 15) is 0 Å². The van der Waals surface area contributed by atoms with E-state index in [0.29, 0.717) is 24.6 Å². The zero-order valence-electron chi connectivity index (χ0n) is 12.4. The molecule has 0 saturated carbocycles. The Hall–Kier alpha value is -1.24. The van der Waals surface area contributed by atoms with Gasteiger partial charge in [-0.1, -0.05) is 6.92 Å². The van der Waals surface area contributed by atoms with Crippen molar-refractivity contribution in [3.63, 3.8) is 0 Å². The highest BCUT2D eigenvalue weighted by Crippen LogP contribution is 2.23. The van der Waals surface area contributed by atoms with E-state index in [4.69, 9.17) is 4.74 Å². The molecule has 7 heteroatoms. The van der Waals surface area contributed by atoms with E-state index in [0.717, 1.165) is 37.0 Å². The number of thioether (sulfide) groups is 1. The van der Waals surface area contributed by atoms with Gasteiger partial charge in [0.2, 0.25) is 11.9 Å². The minimum absolute atomic E-state index is 0.415. The molecular formula is C13H23N5OS. The molecule has 1 aliphatic heterocycles. The average Bonchev–Trinajstić information content (AvgIpc) is 2.46. The Morgan fingerprint density at radius 1 is 1.35 bits per heavy atom. The fourth-order valence-corrected chi connectivity index (χ4v) is 3.01. The monoisotopic (exact) mass is 297 g/mol. The van der Waals surface area contributed by atoms with Crippen molar-refractivity contribution in [3.05, 3.63) is 0 Å². The van der Waals surface area contributed by atoms with E-state index < -0.39 is 0 Å². The quantitative estimate of drug-likeness (QED) is 0.862. The predicted octanol–water partition coefficient (Wildman–Crippen LogP) is 2.03. The van der Waals surface area contributed by atoms with Crippen LogP contribution in [0.15, 0.2) is 0 Å². The van der Waals surface area contributed by atoms with Gasteiger partial charge < -0.3 is 15.0 Å². The summed E-state index contributed by atoms with van der Waals surface area (Å²) in [6, 6.07) is 0.850. The van der Waals surface area contributed by atoms with Crippen molar-refractivity contribution in [1.29, 1.82) is 0 Å². The number of hydrogen-bond acceptors (Lipinski definition) is 7. The second-order valence-electron chi connectivity index (χ2n) is 4.74. The van der Waals surface area contributed by atoms with Crippen LogP contribution in [-0.4, -0.2) is 52.2 Å². The lowest BCUT2D eigenvalue weighted by atomic mass is 10.3. The number of nitrogens with one attached hydrogen (secondary N) is 1. The van der Waals surface area contributed by atoms with Crippen molar-refractivity contribution in [2.45, 2.75) is 33.2 Å². The van der Waals surface area contributed by atoms with Crippen LogP contribution in [0.25, 0.3) is 0 Å². The summed E-state index contributed by atoms with van der Waals surface area (Å²) in [5, 5.41) is 3.14. The third-order valence-corrected chi connectivity index (χ3v) is 4.19. The van der Waals surface area contributed by atoms with Crippen molar-refractivity contribution < 1.29 is 4.74 Å². The Bertz CT molecular complexity index is 431. The molecule has 2 rings (SSSR count). The number of aromatic nitrogens is 3. The highest BCUT2D eigenvalue weighted by molar-refractivity contribution is 7.99. The highest BCUT2D eigenvalue weighted by atomic mass is 32.2. The molecular weight excluding hydrogens is 274 g/mol. The molecule has 1 saturated heterocycles. The van der Waals surface area contributed by atoms with Gasteiger partial charge in [-0.3, -0.25) is 0 Å². The lowest BCUT2D eigenvalue weighted by Gasteiger charge is -2.33. The second-order valence-corrected chi connectivity index (χ2v) is 5.89. The molecule has 6 nitrogen and oxygen atoms in total. The molecule has 112 valence electrons. The van der Waals surface area contributed by atoms with Crippen LogP contribution in [0.5, 0.6) is 6.01 Å². The van der Waals surface area contributed by atoms with Crippen molar-refractivity contribution in [2.24, 2.45) is 0 Å². The summed E-state index contributed by atoms with van der Waals surface area (Å²) >= 11 is 1.97. The number of ether oxygens (including phenoxy) is 1. The van der Waals surface area contributed by atoms with Gasteiger partial charge >= 0.3 is 6.01 Å². The zero-order valence-corrected chi connectivity index (χ0v) is 13.2. The molecule has 20 heavy (non-hydrogen) atoms. The van der Waals surface area contributed by atoms with Crippen LogP contribution in [0.1, 0.15) is 27.2 Å². The Morgan fingerprint density at radius 3 is 2.90 bits per heavy atom. The molecule has 2 heterocycles. The third kappa shape index (κ3) is 3.88. The van der Waals surface area contributed by atoms with Crippen LogP contribution in [0, 0.1) is 0 Å². The lowest BCUT2D eigenvalue weighted by Crippen LogP contribution is -2.41. The molecule has 0 bridgehead atoms. The van der Waals surface area contributed by atoms with Gasteiger partial charge in [0.05, 0.1) is 6.61 Å². The molecule has 1 unspecified atom stereocenters. The predicted molar refractivity (Wildman–Crippen MR) is 83.9 cm³/mol. The molecule has 1 aromatic heterocycles. The van der Waals surface area contributed by atoms with E-state index >= 15 is 0 Å². The van der Waals surface area contributed by atoms with Crippen molar-refractivity contribution in [3.8, 4) is 6.01 Å². The largest absolute Gasteiger partial charge is 0.463 e. The second kappa shape index (κ2) is 7.52. The van der Waals surface area contributed by atoms with E-state index in [1.54, 1.807) is 0 Å². The summed E-state index contributed by atoms with van der Waals surface area (Å²) in [6.07, 6.45) is 0.939. The normalized spacial score (nSPS) is 18.9. The first-order valence-electron chi connectivity index (χ1n) is 7.21. The maximum absolute atomic E-state index is 5.57. The molecule has 1 atom stereocenters. The molecule has 0 aliphatic carbocycles. The van der Waals surface area contributed by atoms with E-state index in [1.165, 1.54) is 0 Å². The Kier molecular flexibility index (Phi) is 5.70. The van der Waals surface area contributed by atoms with Gasteiger partial charge in [0, 0.05) is 30.6 Å². The molecule has 1 N–H and O–H groups in total. The van der Waals surface area contributed by atoms with E-state index in [1.807, 2.05) is 18.7 Å². The molecule has 1 aromatic rings. The molecule has 1 fully saturated rings. The highest BCUT2D eigenvalue weighted by Gasteiger charge is 2.22. The summed E-state index contributed by atoms with van der Waals surface area (Å²) in [5.74, 6) is 3.52. The molecule has 0 spiro atoms. The average molecular weight is 297 g/mol. The molecule has 0 amide bonds. The van der Waals surface area contributed by atoms with Gasteiger partial charge in [-0.25, -0.2) is 0 Å². The van der Waals surface area contributed by atoms with Crippen LogP contribution in [0.4, 0.5) is 11.9 Å². The van der Waals surface area contributed by atoms with Gasteiger partial charge in [-0.15, -0.1) is 0 Å². The fourth-order valence-electron chi connectivity index (χ4n) is 1.99. The third-order valence-electron chi connectivity index (χ3n) is 3.00. The maximum Gasteiger partial charge on any atom is 0.323 e. The van der Waals surface area contributed by atoms with Crippen LogP contribution in [0.2, 0.25) is 0 Å². The number of hydrogen-bond donors (Lipinski definition) is 1. The zero-order chi connectivity index (χ0) is 14.4. The Labute approximate surface area is 124 Å². The first-order valence-corrected chi connectivity index (χ1v) is 8.37. The summed E-state index contributed by atoms with van der Waals surface area (Å²) in [7, 11) is 0. The first kappa shape index (κ1) is 15.2. The smallest absolute Gasteiger partial charge is 0.323 e. The van der Waals surface area contributed by atoms with Gasteiger partial charge in [0.15, 0.2) is 0 Å². The Morgan fingerprint density at radius 2 is 2.20 bits per heavy atom. The van der Waals surface area contributed by atoms with Gasteiger partial charge in [0.1, 0.15) is 0 Å². The first-order chi connectivity index (χ1) is 9.74. The minimum atomic E-state index is 0.415. The van der Waals surface area contributed by atoms with Crippen molar-refractivity contribution in [1.82, 2.24) is 15.0 Å². The molecule has 1 aliphatic rings. The van der Waals surface area contributed by atoms with E-state index in [-0.39, 0.29) is 0 Å². The van der Waals surface area contributed by atoms with Gasteiger partial charge in [-0.2, -0.15) is 26.7 Å².